The van der Waals surface area contributed by atoms with Crippen molar-refractivity contribution >= 4 is 5.69 Å². The molecule has 1 atom stereocenters. The standard InChI is InChI=1S/C14H22N2O2/c1-13(2)8-11(14(3,4)18-13)16-10-6-7-12(17-5)15-9-10/h6-7,9,11,16H,8H2,1-5H3. The fourth-order valence-corrected chi connectivity index (χ4v) is 2.57. The number of anilines is 1. The van der Waals surface area contributed by atoms with E-state index < -0.39 is 0 Å². The Morgan fingerprint density at radius 1 is 1.33 bits per heavy atom. The average molecular weight is 250 g/mol. The second-order valence-corrected chi connectivity index (χ2v) is 5.96. The zero-order chi connectivity index (χ0) is 13.4. The molecule has 0 saturated carbocycles. The van der Waals surface area contributed by atoms with Crippen LogP contribution in [0.1, 0.15) is 34.1 Å². The molecule has 1 aliphatic rings. The van der Waals surface area contributed by atoms with Crippen LogP contribution in [0.4, 0.5) is 5.69 Å². The van der Waals surface area contributed by atoms with Crippen LogP contribution in [0.3, 0.4) is 0 Å². The van der Waals surface area contributed by atoms with Crippen molar-refractivity contribution in [3.05, 3.63) is 18.3 Å². The van der Waals surface area contributed by atoms with Gasteiger partial charge in [0.1, 0.15) is 0 Å². The molecule has 0 bridgehead atoms. The summed E-state index contributed by atoms with van der Waals surface area (Å²) in [5, 5.41) is 3.49. The Hall–Kier alpha value is -1.29. The molecule has 100 valence electrons. The minimum atomic E-state index is -0.177. The maximum atomic E-state index is 6.06. The summed E-state index contributed by atoms with van der Waals surface area (Å²) in [6.07, 6.45) is 2.77. The van der Waals surface area contributed by atoms with E-state index in [1.165, 1.54) is 0 Å². The SMILES string of the molecule is COc1ccc(NC2CC(C)(C)OC2(C)C)cn1. The smallest absolute Gasteiger partial charge is 0.213 e. The summed E-state index contributed by atoms with van der Waals surface area (Å²) in [4.78, 5) is 4.20. The molecule has 0 aliphatic carbocycles. The second kappa shape index (κ2) is 4.43. The lowest BCUT2D eigenvalue weighted by Crippen LogP contribution is -2.38. The van der Waals surface area contributed by atoms with Gasteiger partial charge in [0.2, 0.25) is 5.88 Å². The predicted octanol–water partition coefficient (Wildman–Crippen LogP) is 2.85. The molecule has 4 nitrogen and oxygen atoms in total. The largest absolute Gasteiger partial charge is 0.481 e. The Morgan fingerprint density at radius 3 is 2.50 bits per heavy atom. The number of hydrogen-bond acceptors (Lipinski definition) is 4. The van der Waals surface area contributed by atoms with Crippen molar-refractivity contribution in [2.45, 2.75) is 51.4 Å². The first-order valence-corrected chi connectivity index (χ1v) is 6.29. The van der Waals surface area contributed by atoms with Gasteiger partial charge in [-0.05, 0) is 40.2 Å². The van der Waals surface area contributed by atoms with Crippen LogP contribution in [0.25, 0.3) is 0 Å². The maximum absolute atomic E-state index is 6.06. The van der Waals surface area contributed by atoms with Gasteiger partial charge in [-0.25, -0.2) is 4.98 Å². The number of hydrogen-bond donors (Lipinski definition) is 1. The van der Waals surface area contributed by atoms with E-state index in [9.17, 15) is 0 Å². The van der Waals surface area contributed by atoms with Gasteiger partial charge in [0.15, 0.2) is 0 Å². The topological polar surface area (TPSA) is 43.4 Å². The number of nitrogens with zero attached hydrogens (tertiary/aromatic N) is 1. The summed E-state index contributed by atoms with van der Waals surface area (Å²) < 4.78 is 11.1. The van der Waals surface area contributed by atoms with Crippen LogP contribution in [0.5, 0.6) is 5.88 Å². The Kier molecular flexibility index (Phi) is 3.23. The molecule has 1 saturated heterocycles. The van der Waals surface area contributed by atoms with E-state index in [0.717, 1.165) is 12.1 Å². The van der Waals surface area contributed by atoms with Gasteiger partial charge in [0.05, 0.1) is 36.2 Å². The number of ether oxygens (including phenoxy) is 2. The van der Waals surface area contributed by atoms with E-state index >= 15 is 0 Å². The number of nitrogens with one attached hydrogen (secondary N) is 1. The van der Waals surface area contributed by atoms with Crippen LogP contribution >= 0.6 is 0 Å². The van der Waals surface area contributed by atoms with Gasteiger partial charge in [-0.1, -0.05) is 0 Å². The minimum absolute atomic E-state index is 0.0823. The zero-order valence-corrected chi connectivity index (χ0v) is 11.8. The van der Waals surface area contributed by atoms with E-state index in [-0.39, 0.29) is 17.2 Å². The van der Waals surface area contributed by atoms with Gasteiger partial charge in [-0.2, -0.15) is 0 Å². The maximum Gasteiger partial charge on any atom is 0.213 e. The highest BCUT2D eigenvalue weighted by atomic mass is 16.5. The van der Waals surface area contributed by atoms with Crippen molar-refractivity contribution in [3.8, 4) is 5.88 Å². The van der Waals surface area contributed by atoms with Gasteiger partial charge < -0.3 is 14.8 Å². The molecule has 1 aromatic heterocycles. The Morgan fingerprint density at radius 2 is 2.06 bits per heavy atom. The number of rotatable bonds is 3. The van der Waals surface area contributed by atoms with Crippen LogP contribution < -0.4 is 10.1 Å². The van der Waals surface area contributed by atoms with Crippen molar-refractivity contribution in [1.82, 2.24) is 4.98 Å². The van der Waals surface area contributed by atoms with Crippen LogP contribution in [0.15, 0.2) is 18.3 Å². The molecule has 18 heavy (non-hydrogen) atoms. The van der Waals surface area contributed by atoms with Gasteiger partial charge in [-0.15, -0.1) is 0 Å². The van der Waals surface area contributed by atoms with Gasteiger partial charge in [0, 0.05) is 6.07 Å². The quantitative estimate of drug-likeness (QED) is 0.896. The monoisotopic (exact) mass is 250 g/mol. The third kappa shape index (κ3) is 2.75. The lowest BCUT2D eigenvalue weighted by molar-refractivity contribution is -0.0662. The summed E-state index contributed by atoms with van der Waals surface area (Å²) in [5.41, 5.74) is 0.736. The predicted molar refractivity (Wildman–Crippen MR) is 72.1 cm³/mol. The summed E-state index contributed by atoms with van der Waals surface area (Å²) in [5.74, 6) is 0.628. The molecule has 1 aliphatic heterocycles. The van der Waals surface area contributed by atoms with Crippen molar-refractivity contribution in [2.24, 2.45) is 0 Å². The van der Waals surface area contributed by atoms with Crippen molar-refractivity contribution in [2.75, 3.05) is 12.4 Å². The number of methoxy groups -OCH3 is 1. The third-order valence-corrected chi connectivity index (χ3v) is 3.36. The molecular weight excluding hydrogens is 228 g/mol. The molecule has 1 N–H and O–H groups in total. The lowest BCUT2D eigenvalue weighted by atomic mass is 9.94. The Balaban J connectivity index is 2.09. The van der Waals surface area contributed by atoms with Gasteiger partial charge in [0.25, 0.3) is 0 Å². The first-order valence-electron chi connectivity index (χ1n) is 6.29. The summed E-state index contributed by atoms with van der Waals surface area (Å²) in [7, 11) is 1.62. The Labute approximate surface area is 109 Å². The van der Waals surface area contributed by atoms with Crippen molar-refractivity contribution in [1.29, 1.82) is 0 Å². The second-order valence-electron chi connectivity index (χ2n) is 5.96. The van der Waals surface area contributed by atoms with E-state index in [1.807, 2.05) is 12.1 Å². The molecule has 1 aromatic rings. The van der Waals surface area contributed by atoms with Crippen LogP contribution in [0, 0.1) is 0 Å². The van der Waals surface area contributed by atoms with Crippen LogP contribution in [0.2, 0.25) is 0 Å². The number of pyridine rings is 1. The third-order valence-electron chi connectivity index (χ3n) is 3.36. The molecule has 0 amide bonds. The van der Waals surface area contributed by atoms with E-state index in [1.54, 1.807) is 13.3 Å². The molecule has 0 radical (unpaired) electrons. The highest BCUT2D eigenvalue weighted by molar-refractivity contribution is 5.44. The Bertz CT molecular complexity index is 412. The molecule has 4 heteroatoms. The molecule has 0 aromatic carbocycles. The first-order chi connectivity index (χ1) is 8.32. The zero-order valence-electron chi connectivity index (χ0n) is 11.8. The van der Waals surface area contributed by atoms with E-state index in [0.29, 0.717) is 5.88 Å². The molecule has 2 rings (SSSR count). The molecule has 0 spiro atoms. The molecule has 1 fully saturated rings. The van der Waals surface area contributed by atoms with Gasteiger partial charge >= 0.3 is 0 Å². The minimum Gasteiger partial charge on any atom is -0.481 e. The van der Waals surface area contributed by atoms with Gasteiger partial charge in [-0.3, -0.25) is 0 Å². The summed E-state index contributed by atoms with van der Waals surface area (Å²) >= 11 is 0. The highest BCUT2D eigenvalue weighted by Gasteiger charge is 2.45. The fraction of sp³-hybridized carbons (Fsp3) is 0.643. The lowest BCUT2D eigenvalue weighted by Gasteiger charge is -2.28. The summed E-state index contributed by atoms with van der Waals surface area (Å²) in [6.45, 7) is 8.50. The highest BCUT2D eigenvalue weighted by Crippen LogP contribution is 2.38. The molecular formula is C14H22N2O2. The molecule has 1 unspecified atom stereocenters. The number of aromatic nitrogens is 1. The van der Waals surface area contributed by atoms with E-state index in [2.05, 4.69) is 38.0 Å². The first kappa shape index (κ1) is 13.1. The van der Waals surface area contributed by atoms with Crippen molar-refractivity contribution < 1.29 is 9.47 Å². The molecule has 2 heterocycles. The fourth-order valence-electron chi connectivity index (χ4n) is 2.57. The summed E-state index contributed by atoms with van der Waals surface area (Å²) in [6, 6.07) is 4.12. The normalized spacial score (nSPS) is 24.8. The van der Waals surface area contributed by atoms with Crippen molar-refractivity contribution in [3.63, 3.8) is 0 Å². The van der Waals surface area contributed by atoms with Crippen LogP contribution in [-0.4, -0.2) is 29.3 Å². The van der Waals surface area contributed by atoms with Crippen LogP contribution in [-0.2, 0) is 4.74 Å². The average Bonchev–Trinajstić information content (AvgIpc) is 2.48. The van der Waals surface area contributed by atoms with E-state index in [4.69, 9.17) is 9.47 Å².